The molecule has 4 atom stereocenters. The predicted molar refractivity (Wildman–Crippen MR) is 91.7 cm³/mol. The topological polar surface area (TPSA) is 18.5 Å². The summed E-state index contributed by atoms with van der Waals surface area (Å²) in [6, 6.07) is 1.50. The number of nitrogens with one attached hydrogen (secondary N) is 1. The van der Waals surface area contributed by atoms with Crippen LogP contribution in [0.5, 0.6) is 0 Å². The molecule has 0 spiro atoms. The summed E-state index contributed by atoms with van der Waals surface area (Å²) in [5.41, 5.74) is 0. The molecule has 1 aliphatic carbocycles. The Balaban J connectivity index is 1.98. The molecule has 0 radical (unpaired) electrons. The van der Waals surface area contributed by atoms with Crippen LogP contribution in [0.1, 0.15) is 52.4 Å². The molecule has 4 unspecified atom stereocenters. The first-order valence-electron chi connectivity index (χ1n) is 9.27. The lowest BCUT2D eigenvalue weighted by atomic mass is 9.76. The average Bonchev–Trinajstić information content (AvgIpc) is 2.68. The molecule has 2 fully saturated rings. The fraction of sp³-hybridized carbons (Fsp3) is 1.00. The fourth-order valence-corrected chi connectivity index (χ4v) is 4.54. The Hall–Kier alpha value is -0.120. The summed E-state index contributed by atoms with van der Waals surface area (Å²) < 4.78 is 0. The first-order valence-corrected chi connectivity index (χ1v) is 9.27. The van der Waals surface area contributed by atoms with E-state index in [-0.39, 0.29) is 0 Å². The molecule has 1 N–H and O–H groups in total. The van der Waals surface area contributed by atoms with E-state index in [2.05, 4.69) is 43.1 Å². The molecule has 1 aliphatic heterocycles. The molecule has 0 aromatic rings. The van der Waals surface area contributed by atoms with Gasteiger partial charge in [0.05, 0.1) is 0 Å². The molecule has 1 heterocycles. The van der Waals surface area contributed by atoms with Gasteiger partial charge >= 0.3 is 0 Å². The van der Waals surface area contributed by atoms with Crippen molar-refractivity contribution < 1.29 is 0 Å². The van der Waals surface area contributed by atoms with Crippen LogP contribution in [0, 0.1) is 11.8 Å². The van der Waals surface area contributed by atoms with Crippen molar-refractivity contribution >= 4 is 0 Å². The van der Waals surface area contributed by atoms with Crippen molar-refractivity contribution in [2.45, 2.75) is 64.5 Å². The minimum Gasteiger partial charge on any atom is -0.317 e. The van der Waals surface area contributed by atoms with Gasteiger partial charge in [0.2, 0.25) is 0 Å². The van der Waals surface area contributed by atoms with E-state index >= 15 is 0 Å². The maximum atomic E-state index is 3.61. The van der Waals surface area contributed by atoms with Crippen LogP contribution in [0.3, 0.4) is 0 Å². The van der Waals surface area contributed by atoms with Gasteiger partial charge in [-0.1, -0.05) is 20.3 Å². The lowest BCUT2D eigenvalue weighted by Crippen LogP contribution is -2.48. The molecule has 1 saturated carbocycles. The van der Waals surface area contributed by atoms with Gasteiger partial charge in [-0.25, -0.2) is 0 Å². The van der Waals surface area contributed by atoms with Crippen LogP contribution in [0.25, 0.3) is 0 Å². The Labute approximate surface area is 132 Å². The van der Waals surface area contributed by atoms with Gasteiger partial charge in [0.25, 0.3) is 0 Å². The van der Waals surface area contributed by atoms with Crippen molar-refractivity contribution in [2.75, 3.05) is 40.3 Å². The van der Waals surface area contributed by atoms with Gasteiger partial charge in [-0.3, -0.25) is 4.90 Å². The quantitative estimate of drug-likeness (QED) is 0.841. The van der Waals surface area contributed by atoms with Crippen LogP contribution in [0.4, 0.5) is 0 Å². The van der Waals surface area contributed by atoms with E-state index < -0.39 is 0 Å². The van der Waals surface area contributed by atoms with E-state index in [9.17, 15) is 0 Å². The molecule has 2 aliphatic rings. The Morgan fingerprint density at radius 2 is 1.90 bits per heavy atom. The van der Waals surface area contributed by atoms with E-state index in [1.165, 1.54) is 64.7 Å². The predicted octanol–water partition coefficient (Wildman–Crippen LogP) is 2.82. The highest BCUT2D eigenvalue weighted by molar-refractivity contribution is 4.88. The second-order valence-electron chi connectivity index (χ2n) is 7.42. The van der Waals surface area contributed by atoms with E-state index in [0.717, 1.165) is 23.9 Å². The fourth-order valence-electron chi connectivity index (χ4n) is 4.54. The Morgan fingerprint density at radius 3 is 2.57 bits per heavy atom. The van der Waals surface area contributed by atoms with Crippen molar-refractivity contribution in [2.24, 2.45) is 11.8 Å². The standard InChI is InChI=1S/C18H37N3/c1-5-15-8-9-18(19-3)16(12-15)13-21-11-7-10-20(4)14-17(21)6-2/h15-19H,5-14H2,1-4H3. The second-order valence-corrected chi connectivity index (χ2v) is 7.42. The summed E-state index contributed by atoms with van der Waals surface area (Å²) in [4.78, 5) is 5.34. The molecule has 0 aromatic heterocycles. The highest BCUT2D eigenvalue weighted by atomic mass is 15.2. The van der Waals surface area contributed by atoms with Gasteiger partial charge in [-0.2, -0.15) is 0 Å². The molecule has 1 saturated heterocycles. The summed E-state index contributed by atoms with van der Waals surface area (Å²) in [5.74, 6) is 1.82. The molecular formula is C18H37N3. The van der Waals surface area contributed by atoms with Crippen molar-refractivity contribution in [1.82, 2.24) is 15.1 Å². The zero-order valence-corrected chi connectivity index (χ0v) is 14.8. The third-order valence-corrected chi connectivity index (χ3v) is 6.00. The normalized spacial score (nSPS) is 36.6. The highest BCUT2D eigenvalue weighted by Gasteiger charge is 2.32. The van der Waals surface area contributed by atoms with Gasteiger partial charge in [0.15, 0.2) is 0 Å². The number of hydrogen-bond acceptors (Lipinski definition) is 3. The van der Waals surface area contributed by atoms with Gasteiger partial charge < -0.3 is 10.2 Å². The van der Waals surface area contributed by atoms with Crippen LogP contribution in [-0.2, 0) is 0 Å². The average molecular weight is 296 g/mol. The van der Waals surface area contributed by atoms with Crippen molar-refractivity contribution in [3.63, 3.8) is 0 Å². The minimum atomic E-state index is 0.742. The molecule has 0 amide bonds. The van der Waals surface area contributed by atoms with E-state index in [4.69, 9.17) is 0 Å². The molecule has 0 bridgehead atoms. The molecule has 2 rings (SSSR count). The highest BCUT2D eigenvalue weighted by Crippen LogP contribution is 2.32. The minimum absolute atomic E-state index is 0.742. The van der Waals surface area contributed by atoms with Crippen LogP contribution < -0.4 is 5.32 Å². The van der Waals surface area contributed by atoms with Crippen molar-refractivity contribution in [3.8, 4) is 0 Å². The zero-order chi connectivity index (χ0) is 15.2. The summed E-state index contributed by atoms with van der Waals surface area (Å²) in [7, 11) is 4.45. The second kappa shape index (κ2) is 8.50. The monoisotopic (exact) mass is 295 g/mol. The number of rotatable bonds is 5. The molecule has 3 heteroatoms. The third kappa shape index (κ3) is 4.67. The number of hydrogen-bond donors (Lipinski definition) is 1. The summed E-state index contributed by atoms with van der Waals surface area (Å²) in [6.07, 6.45) is 8.24. The zero-order valence-electron chi connectivity index (χ0n) is 14.8. The van der Waals surface area contributed by atoms with Gasteiger partial charge in [0.1, 0.15) is 0 Å². The van der Waals surface area contributed by atoms with Gasteiger partial charge in [-0.05, 0) is 71.1 Å². The maximum Gasteiger partial charge on any atom is 0.0220 e. The molecule has 21 heavy (non-hydrogen) atoms. The van der Waals surface area contributed by atoms with Gasteiger partial charge in [0, 0.05) is 25.2 Å². The van der Waals surface area contributed by atoms with E-state index in [1.807, 2.05) is 0 Å². The van der Waals surface area contributed by atoms with Crippen LogP contribution in [0.2, 0.25) is 0 Å². The summed E-state index contributed by atoms with van der Waals surface area (Å²) >= 11 is 0. The first kappa shape index (κ1) is 17.2. The Kier molecular flexibility index (Phi) is 6.97. The smallest absolute Gasteiger partial charge is 0.0220 e. The third-order valence-electron chi connectivity index (χ3n) is 6.00. The molecular weight excluding hydrogens is 258 g/mol. The van der Waals surface area contributed by atoms with Crippen molar-refractivity contribution in [1.29, 1.82) is 0 Å². The van der Waals surface area contributed by atoms with Crippen LogP contribution >= 0.6 is 0 Å². The molecule has 0 aromatic carbocycles. The Morgan fingerprint density at radius 1 is 1.10 bits per heavy atom. The lowest BCUT2D eigenvalue weighted by Gasteiger charge is -2.40. The number of likely N-dealkylation sites (N-methyl/N-ethyl adjacent to an activating group) is 1. The van der Waals surface area contributed by atoms with Crippen molar-refractivity contribution in [3.05, 3.63) is 0 Å². The first-order chi connectivity index (χ1) is 10.2. The largest absolute Gasteiger partial charge is 0.317 e. The van der Waals surface area contributed by atoms with Gasteiger partial charge in [-0.15, -0.1) is 0 Å². The summed E-state index contributed by atoms with van der Waals surface area (Å²) in [6.45, 7) is 9.87. The Bertz CT molecular complexity index is 294. The van der Waals surface area contributed by atoms with Crippen LogP contribution in [-0.4, -0.2) is 62.2 Å². The van der Waals surface area contributed by atoms with E-state index in [1.54, 1.807) is 0 Å². The lowest BCUT2D eigenvalue weighted by molar-refractivity contribution is 0.108. The van der Waals surface area contributed by atoms with E-state index in [0.29, 0.717) is 0 Å². The SMILES string of the molecule is CCC1CCC(NC)C(CN2CCCN(C)CC2CC)C1. The van der Waals surface area contributed by atoms with Crippen LogP contribution in [0.15, 0.2) is 0 Å². The maximum absolute atomic E-state index is 3.61. The number of nitrogens with zero attached hydrogens (tertiary/aromatic N) is 2. The summed E-state index contributed by atoms with van der Waals surface area (Å²) in [5, 5.41) is 3.61. The molecule has 3 nitrogen and oxygen atoms in total. The molecule has 124 valence electrons.